The lowest BCUT2D eigenvalue weighted by atomic mass is 9.92. The average molecular weight is 314 g/mol. The molecule has 0 unspecified atom stereocenters. The van der Waals surface area contributed by atoms with Crippen LogP contribution in [0.2, 0.25) is 0 Å². The molecule has 6 nitrogen and oxygen atoms in total. The Morgan fingerprint density at radius 2 is 1.91 bits per heavy atom. The quantitative estimate of drug-likeness (QED) is 0.555. The SMILES string of the molecule is CC(C)=C1CC=C(CO[C@@H]2O[C@H](CO)[C@@H](O)[C@H](O)[C@H]2O)CC1. The molecule has 1 aliphatic heterocycles. The molecule has 22 heavy (non-hydrogen) atoms. The van der Waals surface area contributed by atoms with Crippen molar-refractivity contribution in [1.82, 2.24) is 0 Å². The molecule has 0 saturated carbocycles. The Morgan fingerprint density at radius 3 is 2.45 bits per heavy atom. The molecule has 1 fully saturated rings. The normalized spacial score (nSPS) is 36.2. The van der Waals surface area contributed by atoms with Gasteiger partial charge in [0.1, 0.15) is 24.4 Å². The first-order valence-corrected chi connectivity index (χ1v) is 7.69. The van der Waals surface area contributed by atoms with Crippen LogP contribution in [0.3, 0.4) is 0 Å². The van der Waals surface area contributed by atoms with Gasteiger partial charge in [-0.25, -0.2) is 0 Å². The molecule has 0 amide bonds. The molecule has 5 atom stereocenters. The number of allylic oxidation sites excluding steroid dienone is 3. The van der Waals surface area contributed by atoms with Gasteiger partial charge in [-0.3, -0.25) is 0 Å². The van der Waals surface area contributed by atoms with Gasteiger partial charge >= 0.3 is 0 Å². The summed E-state index contributed by atoms with van der Waals surface area (Å²) in [6.45, 7) is 4.08. The summed E-state index contributed by atoms with van der Waals surface area (Å²) in [7, 11) is 0. The van der Waals surface area contributed by atoms with Crippen LogP contribution in [0.5, 0.6) is 0 Å². The molecule has 0 bridgehead atoms. The van der Waals surface area contributed by atoms with Crippen LogP contribution in [-0.4, -0.2) is 64.3 Å². The van der Waals surface area contributed by atoms with Gasteiger partial charge in [-0.05, 0) is 38.7 Å². The van der Waals surface area contributed by atoms with Gasteiger partial charge in [-0.1, -0.05) is 17.2 Å². The van der Waals surface area contributed by atoms with Crippen LogP contribution in [0.15, 0.2) is 22.8 Å². The highest BCUT2D eigenvalue weighted by molar-refractivity contribution is 5.22. The molecule has 4 N–H and O–H groups in total. The third-order valence-corrected chi connectivity index (χ3v) is 4.37. The van der Waals surface area contributed by atoms with Crippen molar-refractivity contribution in [2.75, 3.05) is 13.2 Å². The number of aliphatic hydroxyl groups is 4. The smallest absolute Gasteiger partial charge is 0.187 e. The first-order chi connectivity index (χ1) is 10.4. The Balaban J connectivity index is 1.90. The van der Waals surface area contributed by atoms with Crippen LogP contribution in [0.4, 0.5) is 0 Å². The fourth-order valence-electron chi connectivity index (χ4n) is 2.76. The third-order valence-electron chi connectivity index (χ3n) is 4.37. The van der Waals surface area contributed by atoms with E-state index in [1.807, 2.05) is 0 Å². The fourth-order valence-corrected chi connectivity index (χ4v) is 2.76. The Hall–Kier alpha value is -0.760. The molecular weight excluding hydrogens is 288 g/mol. The zero-order chi connectivity index (χ0) is 16.3. The maximum Gasteiger partial charge on any atom is 0.187 e. The van der Waals surface area contributed by atoms with E-state index in [0.29, 0.717) is 6.61 Å². The Kier molecular flexibility index (Phi) is 6.14. The van der Waals surface area contributed by atoms with Gasteiger partial charge in [0.25, 0.3) is 0 Å². The maximum absolute atomic E-state index is 9.90. The Bertz CT molecular complexity index is 438. The number of hydrogen-bond acceptors (Lipinski definition) is 6. The van der Waals surface area contributed by atoms with E-state index >= 15 is 0 Å². The first-order valence-electron chi connectivity index (χ1n) is 7.69. The minimum atomic E-state index is -1.39. The summed E-state index contributed by atoms with van der Waals surface area (Å²) >= 11 is 0. The molecule has 0 aromatic carbocycles. The first kappa shape index (κ1) is 17.6. The molecule has 0 aromatic heterocycles. The lowest BCUT2D eigenvalue weighted by molar-refractivity contribution is -0.299. The molecule has 2 rings (SSSR count). The van der Waals surface area contributed by atoms with Crippen molar-refractivity contribution in [2.45, 2.75) is 63.8 Å². The van der Waals surface area contributed by atoms with Crippen LogP contribution in [0.1, 0.15) is 33.1 Å². The van der Waals surface area contributed by atoms with E-state index in [4.69, 9.17) is 14.6 Å². The zero-order valence-corrected chi connectivity index (χ0v) is 13.1. The van der Waals surface area contributed by atoms with Crippen molar-refractivity contribution in [3.8, 4) is 0 Å². The van der Waals surface area contributed by atoms with Crippen molar-refractivity contribution in [3.63, 3.8) is 0 Å². The van der Waals surface area contributed by atoms with Crippen molar-refractivity contribution in [3.05, 3.63) is 22.8 Å². The van der Waals surface area contributed by atoms with Gasteiger partial charge in [0.2, 0.25) is 0 Å². The summed E-state index contributed by atoms with van der Waals surface area (Å²) < 4.78 is 10.9. The van der Waals surface area contributed by atoms with E-state index in [1.54, 1.807) is 0 Å². The lowest BCUT2D eigenvalue weighted by Gasteiger charge is -2.39. The van der Waals surface area contributed by atoms with Gasteiger partial charge in [-0.2, -0.15) is 0 Å². The molecule has 0 spiro atoms. The van der Waals surface area contributed by atoms with Gasteiger partial charge in [0.15, 0.2) is 6.29 Å². The Morgan fingerprint density at radius 1 is 1.18 bits per heavy atom. The third kappa shape index (κ3) is 3.95. The highest BCUT2D eigenvalue weighted by Crippen LogP contribution is 2.27. The number of hydrogen-bond donors (Lipinski definition) is 4. The average Bonchev–Trinajstić information content (AvgIpc) is 2.52. The number of aliphatic hydroxyl groups excluding tert-OH is 4. The summed E-state index contributed by atoms with van der Waals surface area (Å²) in [6.07, 6.45) is -1.13. The largest absolute Gasteiger partial charge is 0.394 e. The second-order valence-corrected chi connectivity index (χ2v) is 6.18. The van der Waals surface area contributed by atoms with E-state index in [-0.39, 0.29) is 0 Å². The van der Waals surface area contributed by atoms with Crippen LogP contribution < -0.4 is 0 Å². The molecule has 6 heteroatoms. The van der Waals surface area contributed by atoms with Crippen molar-refractivity contribution in [1.29, 1.82) is 0 Å². The lowest BCUT2D eigenvalue weighted by Crippen LogP contribution is -2.59. The van der Waals surface area contributed by atoms with Crippen LogP contribution >= 0.6 is 0 Å². The van der Waals surface area contributed by atoms with E-state index in [2.05, 4.69) is 19.9 Å². The molecule has 1 aliphatic carbocycles. The van der Waals surface area contributed by atoms with E-state index in [9.17, 15) is 15.3 Å². The summed E-state index contributed by atoms with van der Waals surface area (Å²) in [5.41, 5.74) is 3.92. The standard InChI is InChI=1S/C16H26O6/c1-9(2)11-5-3-10(4-6-11)8-21-16-15(20)14(19)13(18)12(7-17)22-16/h3,12-20H,4-8H2,1-2H3/t12-,13-,14+,15-,16-/m1/s1. The summed E-state index contributed by atoms with van der Waals surface area (Å²) in [5, 5.41) is 38.4. The Labute approximate surface area is 130 Å². The highest BCUT2D eigenvalue weighted by atomic mass is 16.7. The van der Waals surface area contributed by atoms with Gasteiger partial charge in [0.05, 0.1) is 13.2 Å². The van der Waals surface area contributed by atoms with Crippen LogP contribution in [-0.2, 0) is 9.47 Å². The molecule has 2 aliphatic rings. The van der Waals surface area contributed by atoms with Gasteiger partial charge < -0.3 is 29.9 Å². The minimum absolute atomic E-state index is 0.304. The van der Waals surface area contributed by atoms with Crippen LogP contribution in [0.25, 0.3) is 0 Å². The van der Waals surface area contributed by atoms with Crippen molar-refractivity contribution in [2.24, 2.45) is 0 Å². The molecule has 1 saturated heterocycles. The fraction of sp³-hybridized carbons (Fsp3) is 0.750. The summed E-state index contributed by atoms with van der Waals surface area (Å²) in [5.74, 6) is 0. The molecule has 0 aromatic rings. The zero-order valence-electron chi connectivity index (χ0n) is 13.1. The minimum Gasteiger partial charge on any atom is -0.394 e. The van der Waals surface area contributed by atoms with E-state index in [0.717, 1.165) is 24.8 Å². The second kappa shape index (κ2) is 7.68. The van der Waals surface area contributed by atoms with E-state index < -0.39 is 37.3 Å². The molecule has 1 heterocycles. The number of ether oxygens (including phenoxy) is 2. The van der Waals surface area contributed by atoms with Gasteiger partial charge in [0, 0.05) is 0 Å². The molecule has 0 radical (unpaired) electrons. The van der Waals surface area contributed by atoms with Crippen molar-refractivity contribution < 1.29 is 29.9 Å². The second-order valence-electron chi connectivity index (χ2n) is 6.18. The molecule has 126 valence electrons. The van der Waals surface area contributed by atoms with Crippen molar-refractivity contribution >= 4 is 0 Å². The topological polar surface area (TPSA) is 99.4 Å². The molecular formula is C16H26O6. The predicted molar refractivity (Wildman–Crippen MR) is 80.0 cm³/mol. The van der Waals surface area contributed by atoms with E-state index in [1.165, 1.54) is 11.1 Å². The monoisotopic (exact) mass is 314 g/mol. The summed E-state index contributed by atoms with van der Waals surface area (Å²) in [4.78, 5) is 0. The summed E-state index contributed by atoms with van der Waals surface area (Å²) in [6, 6.07) is 0. The van der Waals surface area contributed by atoms with Crippen LogP contribution in [0, 0.1) is 0 Å². The van der Waals surface area contributed by atoms with Gasteiger partial charge in [-0.15, -0.1) is 0 Å². The highest BCUT2D eigenvalue weighted by Gasteiger charge is 2.44. The maximum atomic E-state index is 9.90. The number of rotatable bonds is 4. The predicted octanol–water partition coefficient (Wildman–Crippen LogP) is 0.250.